The average Bonchev–Trinajstić information content (AvgIpc) is 3.02. The molecule has 1 atom stereocenters. The van der Waals surface area contributed by atoms with E-state index in [0.717, 1.165) is 44.2 Å². The molecule has 2 aliphatic rings. The van der Waals surface area contributed by atoms with Crippen molar-refractivity contribution in [2.45, 2.75) is 32.6 Å². The van der Waals surface area contributed by atoms with E-state index in [1.54, 1.807) is 0 Å². The Morgan fingerprint density at radius 3 is 2.54 bits per heavy atom. The molecule has 0 aliphatic carbocycles. The summed E-state index contributed by atoms with van der Waals surface area (Å²) < 4.78 is 16.3. The minimum Gasteiger partial charge on any atom is -0.454 e. The molecule has 1 saturated heterocycles. The third kappa shape index (κ3) is 4.83. The van der Waals surface area contributed by atoms with Crippen LogP contribution in [0.25, 0.3) is 0 Å². The number of hydrogen-bond donors (Lipinski definition) is 1. The first-order chi connectivity index (χ1) is 11.6. The van der Waals surface area contributed by atoms with E-state index in [1.807, 2.05) is 19.9 Å². The monoisotopic (exact) mass is 336 g/mol. The van der Waals surface area contributed by atoms with Gasteiger partial charge in [-0.1, -0.05) is 6.07 Å². The van der Waals surface area contributed by atoms with E-state index in [4.69, 9.17) is 14.2 Å². The summed E-state index contributed by atoms with van der Waals surface area (Å²) in [5, 5.41) is 10.0. The predicted octanol–water partition coefficient (Wildman–Crippen LogP) is 1.32. The van der Waals surface area contributed by atoms with Gasteiger partial charge >= 0.3 is 0 Å². The van der Waals surface area contributed by atoms with Gasteiger partial charge in [-0.3, -0.25) is 9.80 Å². The highest BCUT2D eigenvalue weighted by Gasteiger charge is 2.20. The molecule has 0 bridgehead atoms. The number of nitrogens with zero attached hydrogens (tertiary/aromatic N) is 2. The zero-order valence-corrected chi connectivity index (χ0v) is 14.6. The van der Waals surface area contributed by atoms with Crippen LogP contribution in [-0.2, 0) is 11.3 Å². The zero-order valence-electron chi connectivity index (χ0n) is 14.6. The van der Waals surface area contributed by atoms with Crippen molar-refractivity contribution in [2.75, 3.05) is 46.1 Å². The van der Waals surface area contributed by atoms with Gasteiger partial charge < -0.3 is 19.3 Å². The summed E-state index contributed by atoms with van der Waals surface area (Å²) in [6.45, 7) is 10.3. The molecule has 0 spiro atoms. The first-order valence-electron chi connectivity index (χ1n) is 8.73. The molecule has 134 valence electrons. The maximum atomic E-state index is 10.0. The molecule has 24 heavy (non-hydrogen) atoms. The Bertz CT molecular complexity index is 530. The normalized spacial score (nSPS) is 19.8. The van der Waals surface area contributed by atoms with Gasteiger partial charge in [-0.25, -0.2) is 0 Å². The van der Waals surface area contributed by atoms with Crippen LogP contribution < -0.4 is 9.47 Å². The Balaban J connectivity index is 1.40. The Hall–Kier alpha value is -1.34. The number of benzene rings is 1. The van der Waals surface area contributed by atoms with Crippen molar-refractivity contribution >= 4 is 0 Å². The summed E-state index contributed by atoms with van der Waals surface area (Å²) in [4.78, 5) is 4.75. The Morgan fingerprint density at radius 1 is 1.08 bits per heavy atom. The Labute approximate surface area is 143 Å². The summed E-state index contributed by atoms with van der Waals surface area (Å²) in [7, 11) is 0. The number of piperazine rings is 1. The molecule has 1 N–H and O–H groups in total. The van der Waals surface area contributed by atoms with E-state index in [0.29, 0.717) is 19.9 Å². The van der Waals surface area contributed by atoms with Crippen LogP contribution in [-0.4, -0.2) is 73.2 Å². The van der Waals surface area contributed by atoms with Gasteiger partial charge in [0.25, 0.3) is 0 Å². The van der Waals surface area contributed by atoms with Gasteiger partial charge in [0, 0.05) is 39.3 Å². The second kappa shape index (κ2) is 8.16. The van der Waals surface area contributed by atoms with Crippen LogP contribution in [0.2, 0.25) is 0 Å². The topological polar surface area (TPSA) is 54.4 Å². The molecule has 1 fully saturated rings. The molecule has 2 aliphatic heterocycles. The lowest BCUT2D eigenvalue weighted by Gasteiger charge is -2.35. The number of aliphatic hydroxyl groups excluding tert-OH is 1. The zero-order chi connectivity index (χ0) is 16.9. The number of fused-ring (bicyclic) bond motifs is 1. The summed E-state index contributed by atoms with van der Waals surface area (Å²) in [5.41, 5.74) is 1.25. The number of aliphatic hydroxyl groups is 1. The third-order valence-electron chi connectivity index (χ3n) is 4.40. The summed E-state index contributed by atoms with van der Waals surface area (Å²) >= 11 is 0. The van der Waals surface area contributed by atoms with Crippen LogP contribution in [0.1, 0.15) is 19.4 Å². The van der Waals surface area contributed by atoms with Crippen molar-refractivity contribution in [2.24, 2.45) is 0 Å². The van der Waals surface area contributed by atoms with Gasteiger partial charge in [0.05, 0.1) is 18.8 Å². The van der Waals surface area contributed by atoms with Crippen molar-refractivity contribution in [3.8, 4) is 11.5 Å². The van der Waals surface area contributed by atoms with E-state index in [-0.39, 0.29) is 6.10 Å². The van der Waals surface area contributed by atoms with Gasteiger partial charge in [0.2, 0.25) is 6.79 Å². The van der Waals surface area contributed by atoms with Crippen LogP contribution >= 0.6 is 0 Å². The standard InChI is InChI=1S/C18H28N2O4/c1-14(2)22-12-16(21)11-20-7-5-19(6-8-20)10-15-3-4-17-18(9-15)24-13-23-17/h3-4,9,14,16,21H,5-8,10-13H2,1-2H3/t16-/m1/s1. The molecular weight excluding hydrogens is 308 g/mol. The molecule has 2 heterocycles. The van der Waals surface area contributed by atoms with Crippen molar-refractivity contribution in [1.82, 2.24) is 9.80 Å². The molecule has 0 aromatic heterocycles. The average molecular weight is 336 g/mol. The molecule has 0 saturated carbocycles. The van der Waals surface area contributed by atoms with Crippen LogP contribution in [0.4, 0.5) is 0 Å². The van der Waals surface area contributed by atoms with E-state index in [1.165, 1.54) is 5.56 Å². The highest BCUT2D eigenvalue weighted by atomic mass is 16.7. The maximum Gasteiger partial charge on any atom is 0.231 e. The number of rotatable bonds is 7. The predicted molar refractivity (Wildman–Crippen MR) is 91.4 cm³/mol. The molecule has 1 aromatic rings. The molecule has 0 amide bonds. The van der Waals surface area contributed by atoms with E-state index < -0.39 is 6.10 Å². The largest absolute Gasteiger partial charge is 0.454 e. The lowest BCUT2D eigenvalue weighted by molar-refractivity contribution is -0.0148. The molecule has 6 heteroatoms. The van der Waals surface area contributed by atoms with Gasteiger partial charge in [-0.15, -0.1) is 0 Å². The van der Waals surface area contributed by atoms with Gasteiger partial charge in [-0.2, -0.15) is 0 Å². The van der Waals surface area contributed by atoms with E-state index in [2.05, 4.69) is 21.9 Å². The highest BCUT2D eigenvalue weighted by Crippen LogP contribution is 2.32. The van der Waals surface area contributed by atoms with E-state index in [9.17, 15) is 5.11 Å². The van der Waals surface area contributed by atoms with Crippen molar-refractivity contribution in [3.05, 3.63) is 23.8 Å². The number of hydrogen-bond acceptors (Lipinski definition) is 6. The van der Waals surface area contributed by atoms with Gasteiger partial charge in [-0.05, 0) is 31.5 Å². The lowest BCUT2D eigenvalue weighted by atomic mass is 10.1. The maximum absolute atomic E-state index is 10.0. The van der Waals surface area contributed by atoms with Crippen LogP contribution in [0.3, 0.4) is 0 Å². The third-order valence-corrected chi connectivity index (χ3v) is 4.40. The number of ether oxygens (including phenoxy) is 3. The summed E-state index contributed by atoms with van der Waals surface area (Å²) in [6.07, 6.45) is -0.244. The molecule has 6 nitrogen and oxygen atoms in total. The first kappa shape index (κ1) is 17.5. The minimum absolute atomic E-state index is 0.165. The fourth-order valence-electron chi connectivity index (χ4n) is 3.08. The fourth-order valence-corrected chi connectivity index (χ4v) is 3.08. The minimum atomic E-state index is -0.409. The van der Waals surface area contributed by atoms with Crippen molar-refractivity contribution in [1.29, 1.82) is 0 Å². The van der Waals surface area contributed by atoms with Crippen molar-refractivity contribution in [3.63, 3.8) is 0 Å². The summed E-state index contributed by atoms with van der Waals surface area (Å²) in [6, 6.07) is 6.16. The SMILES string of the molecule is CC(C)OC[C@H](O)CN1CCN(Cc2ccc3c(c2)OCO3)CC1. The molecular formula is C18H28N2O4. The quantitative estimate of drug-likeness (QED) is 0.810. The van der Waals surface area contributed by atoms with Crippen LogP contribution in [0.15, 0.2) is 18.2 Å². The van der Waals surface area contributed by atoms with Crippen LogP contribution in [0, 0.1) is 0 Å². The lowest BCUT2D eigenvalue weighted by Crippen LogP contribution is -2.48. The van der Waals surface area contributed by atoms with Crippen molar-refractivity contribution < 1.29 is 19.3 Å². The molecule has 0 unspecified atom stereocenters. The molecule has 0 radical (unpaired) electrons. The van der Waals surface area contributed by atoms with Gasteiger partial charge in [0.15, 0.2) is 11.5 Å². The smallest absolute Gasteiger partial charge is 0.231 e. The first-order valence-corrected chi connectivity index (χ1v) is 8.73. The van der Waals surface area contributed by atoms with Gasteiger partial charge in [0.1, 0.15) is 0 Å². The van der Waals surface area contributed by atoms with E-state index >= 15 is 0 Å². The molecule has 3 rings (SSSR count). The van der Waals surface area contributed by atoms with Crippen LogP contribution in [0.5, 0.6) is 11.5 Å². The number of β-amino-alcohol motifs (C(OH)–C–C–N with tert-alkyl or cyclic N) is 1. The fraction of sp³-hybridized carbons (Fsp3) is 0.667. The second-order valence-corrected chi connectivity index (χ2v) is 6.80. The summed E-state index contributed by atoms with van der Waals surface area (Å²) in [5.74, 6) is 1.68. The Kier molecular flexibility index (Phi) is 5.94. The highest BCUT2D eigenvalue weighted by molar-refractivity contribution is 5.44. The second-order valence-electron chi connectivity index (χ2n) is 6.80. The molecule has 1 aromatic carbocycles. The Morgan fingerprint density at radius 2 is 1.79 bits per heavy atom.